The molecule has 2 heterocycles. The number of rotatable bonds is 9. The Bertz CT molecular complexity index is 596. The zero-order valence-electron chi connectivity index (χ0n) is 13.7. The van der Waals surface area contributed by atoms with Gasteiger partial charge in [0.25, 0.3) is 23.6 Å². The summed E-state index contributed by atoms with van der Waals surface area (Å²) in [7, 11) is 3.44. The van der Waals surface area contributed by atoms with E-state index in [1.807, 2.05) is 0 Å². The summed E-state index contributed by atoms with van der Waals surface area (Å²) in [5.41, 5.74) is 2.27. The third-order valence-electron chi connectivity index (χ3n) is 3.98. The first-order valence-electron chi connectivity index (χ1n) is 7.77. The molecule has 0 saturated heterocycles. The van der Waals surface area contributed by atoms with Crippen LogP contribution in [0.15, 0.2) is 22.3 Å². The van der Waals surface area contributed by atoms with Gasteiger partial charge in [0.1, 0.15) is 0 Å². The molecule has 2 N–H and O–H groups in total. The summed E-state index contributed by atoms with van der Waals surface area (Å²) in [4.78, 5) is 45.7. The van der Waals surface area contributed by atoms with Crippen molar-refractivity contribution in [2.45, 2.75) is 39.5 Å². The van der Waals surface area contributed by atoms with Gasteiger partial charge in [-0.1, -0.05) is 21.6 Å². The van der Waals surface area contributed by atoms with Gasteiger partial charge in [0, 0.05) is 33.8 Å². The lowest BCUT2D eigenvalue weighted by molar-refractivity contribution is -0.125. The molecule has 0 aromatic rings. The summed E-state index contributed by atoms with van der Waals surface area (Å²) in [6.07, 6.45) is 2.91. The van der Waals surface area contributed by atoms with E-state index < -0.39 is 0 Å². The van der Waals surface area contributed by atoms with Gasteiger partial charge in [-0.15, -0.1) is 0 Å². The molecule has 0 unspecified atom stereocenters. The summed E-state index contributed by atoms with van der Waals surface area (Å²) in [5.74, 6) is 0.700. The predicted octanol–water partition coefficient (Wildman–Crippen LogP) is 1.87. The maximum Gasteiger partial charge on any atom is 0.254 e. The zero-order chi connectivity index (χ0) is 17.7. The smallest absolute Gasteiger partial charge is 0.254 e. The SMILES string of the molecule is CC1=C(CCCSSCCCC2=C(C)C(=O)NC2=O)C(=O)NC1=O. The van der Waals surface area contributed by atoms with E-state index in [0.29, 0.717) is 35.1 Å². The molecule has 0 fully saturated rings. The average Bonchev–Trinajstić information content (AvgIpc) is 2.91. The van der Waals surface area contributed by atoms with E-state index in [-0.39, 0.29) is 23.6 Å². The monoisotopic (exact) mass is 368 g/mol. The number of hydrogen-bond acceptors (Lipinski definition) is 6. The van der Waals surface area contributed by atoms with E-state index in [0.717, 1.165) is 24.3 Å². The van der Waals surface area contributed by atoms with Gasteiger partial charge in [-0.25, -0.2) is 0 Å². The minimum atomic E-state index is -0.281. The van der Waals surface area contributed by atoms with Crippen molar-refractivity contribution in [3.05, 3.63) is 22.3 Å². The van der Waals surface area contributed by atoms with E-state index in [9.17, 15) is 19.2 Å². The highest BCUT2D eigenvalue weighted by Gasteiger charge is 2.26. The van der Waals surface area contributed by atoms with Crippen LogP contribution in [0.2, 0.25) is 0 Å². The molecule has 2 rings (SSSR count). The van der Waals surface area contributed by atoms with Crippen LogP contribution in [0.1, 0.15) is 39.5 Å². The molecule has 24 heavy (non-hydrogen) atoms. The van der Waals surface area contributed by atoms with Crippen LogP contribution in [0.25, 0.3) is 0 Å². The number of amides is 4. The maximum absolute atomic E-state index is 11.5. The molecule has 2 aliphatic rings. The van der Waals surface area contributed by atoms with Crippen molar-refractivity contribution in [2.75, 3.05) is 11.5 Å². The largest absolute Gasteiger partial charge is 0.289 e. The molecule has 0 bridgehead atoms. The predicted molar refractivity (Wildman–Crippen MR) is 95.1 cm³/mol. The number of carbonyl (C=O) groups is 4. The molecule has 0 aromatic heterocycles. The van der Waals surface area contributed by atoms with Gasteiger partial charge >= 0.3 is 0 Å². The van der Waals surface area contributed by atoms with Gasteiger partial charge in [0.2, 0.25) is 0 Å². The second kappa shape index (κ2) is 8.53. The van der Waals surface area contributed by atoms with Crippen LogP contribution in [-0.4, -0.2) is 35.1 Å². The van der Waals surface area contributed by atoms with Crippen LogP contribution in [-0.2, 0) is 19.2 Å². The third kappa shape index (κ3) is 4.51. The van der Waals surface area contributed by atoms with Crippen LogP contribution in [0.3, 0.4) is 0 Å². The lowest BCUT2D eigenvalue weighted by Crippen LogP contribution is -2.22. The Labute approximate surface area is 148 Å². The van der Waals surface area contributed by atoms with Gasteiger partial charge in [0.15, 0.2) is 0 Å². The van der Waals surface area contributed by atoms with Gasteiger partial charge in [-0.05, 0) is 39.5 Å². The van der Waals surface area contributed by atoms with Crippen LogP contribution in [0, 0.1) is 0 Å². The second-order valence-corrected chi connectivity index (χ2v) is 8.33. The highest BCUT2D eigenvalue weighted by Crippen LogP contribution is 2.27. The van der Waals surface area contributed by atoms with Gasteiger partial charge < -0.3 is 0 Å². The summed E-state index contributed by atoms with van der Waals surface area (Å²) in [5, 5.41) is 4.60. The Morgan fingerprint density at radius 3 is 1.33 bits per heavy atom. The first-order valence-corrected chi connectivity index (χ1v) is 10.3. The molecule has 0 saturated carbocycles. The fraction of sp³-hybridized carbons (Fsp3) is 0.500. The van der Waals surface area contributed by atoms with Crippen molar-refractivity contribution in [2.24, 2.45) is 0 Å². The second-order valence-electron chi connectivity index (χ2n) is 5.62. The molecule has 0 spiro atoms. The van der Waals surface area contributed by atoms with Gasteiger partial charge in [-0.3, -0.25) is 29.8 Å². The van der Waals surface area contributed by atoms with Crippen molar-refractivity contribution in [3.8, 4) is 0 Å². The summed E-state index contributed by atoms with van der Waals surface area (Å²) in [6, 6.07) is 0. The fourth-order valence-corrected chi connectivity index (χ4v) is 4.67. The molecule has 130 valence electrons. The number of carbonyl (C=O) groups excluding carboxylic acids is 4. The molecule has 0 aromatic carbocycles. The Hall–Kier alpha value is -1.54. The highest BCUT2D eigenvalue weighted by molar-refractivity contribution is 8.76. The molecule has 0 radical (unpaired) electrons. The Morgan fingerprint density at radius 2 is 1.04 bits per heavy atom. The maximum atomic E-state index is 11.5. The molecule has 0 atom stereocenters. The molecule has 2 aliphatic heterocycles. The van der Waals surface area contributed by atoms with Crippen molar-refractivity contribution in [3.63, 3.8) is 0 Å². The summed E-state index contributed by atoms with van der Waals surface area (Å²) in [6.45, 7) is 3.36. The fourth-order valence-electron chi connectivity index (χ4n) is 2.49. The Balaban J connectivity index is 1.57. The van der Waals surface area contributed by atoms with E-state index in [1.54, 1.807) is 35.4 Å². The van der Waals surface area contributed by atoms with Gasteiger partial charge in [0.05, 0.1) is 0 Å². The number of imide groups is 2. The van der Waals surface area contributed by atoms with Crippen molar-refractivity contribution < 1.29 is 19.2 Å². The summed E-state index contributed by atoms with van der Waals surface area (Å²) >= 11 is 0. The minimum absolute atomic E-state index is 0.261. The quantitative estimate of drug-likeness (QED) is 0.367. The van der Waals surface area contributed by atoms with Gasteiger partial charge in [-0.2, -0.15) is 0 Å². The van der Waals surface area contributed by atoms with Crippen molar-refractivity contribution in [1.29, 1.82) is 0 Å². The Kier molecular flexibility index (Phi) is 6.68. The lowest BCUT2D eigenvalue weighted by atomic mass is 10.1. The highest BCUT2D eigenvalue weighted by atomic mass is 33.1. The zero-order valence-corrected chi connectivity index (χ0v) is 15.3. The average molecular weight is 368 g/mol. The molecular formula is C16H20N2O4S2. The first kappa shape index (κ1) is 18.8. The standard InChI is InChI=1S/C16H20N2O4S2/c1-9-11(15(21)17-13(9)19)5-3-7-23-24-8-4-6-12-10(2)14(20)18-16(12)22/h3-8H2,1-2H3,(H,17,19,21)(H,18,20,22). The normalized spacial score (nSPS) is 17.9. The first-order chi connectivity index (χ1) is 11.4. The van der Waals surface area contributed by atoms with E-state index in [4.69, 9.17) is 0 Å². The van der Waals surface area contributed by atoms with Crippen LogP contribution < -0.4 is 10.6 Å². The van der Waals surface area contributed by atoms with Crippen LogP contribution in [0.4, 0.5) is 0 Å². The molecular weight excluding hydrogens is 348 g/mol. The molecule has 6 nitrogen and oxygen atoms in total. The molecule has 4 amide bonds. The van der Waals surface area contributed by atoms with E-state index >= 15 is 0 Å². The Morgan fingerprint density at radius 1 is 0.667 bits per heavy atom. The van der Waals surface area contributed by atoms with Crippen LogP contribution in [0.5, 0.6) is 0 Å². The number of nitrogens with one attached hydrogen (secondary N) is 2. The molecule has 0 aliphatic carbocycles. The molecule has 8 heteroatoms. The van der Waals surface area contributed by atoms with Crippen LogP contribution >= 0.6 is 21.6 Å². The topological polar surface area (TPSA) is 92.3 Å². The van der Waals surface area contributed by atoms with E-state index in [1.165, 1.54) is 0 Å². The van der Waals surface area contributed by atoms with Crippen molar-refractivity contribution >= 4 is 45.2 Å². The summed E-state index contributed by atoms with van der Waals surface area (Å²) < 4.78 is 0. The lowest BCUT2D eigenvalue weighted by Gasteiger charge is -2.03. The number of hydrogen-bond donors (Lipinski definition) is 2. The minimum Gasteiger partial charge on any atom is -0.289 e. The van der Waals surface area contributed by atoms with Crippen molar-refractivity contribution in [1.82, 2.24) is 10.6 Å². The third-order valence-corrected chi connectivity index (χ3v) is 6.56. The van der Waals surface area contributed by atoms with E-state index in [2.05, 4.69) is 10.6 Å².